The molecule has 0 saturated heterocycles. The van der Waals surface area contributed by atoms with Crippen molar-refractivity contribution in [1.29, 1.82) is 0 Å². The monoisotopic (exact) mass is 354 g/mol. The summed E-state index contributed by atoms with van der Waals surface area (Å²) >= 11 is 0. The Balaban J connectivity index is 1.98. The molecule has 0 spiro atoms. The molecular formula is C18H18N4O4. The zero-order chi connectivity index (χ0) is 18.7. The predicted molar refractivity (Wildman–Crippen MR) is 98.9 cm³/mol. The lowest BCUT2D eigenvalue weighted by molar-refractivity contribution is 0.250. The zero-order valence-electron chi connectivity index (χ0n) is 14.3. The number of carbonyl (C=O) groups excluding carboxylic acids is 1. The number of para-hydroxylation sites is 1. The number of nitrogens with zero attached hydrogens (tertiary/aromatic N) is 1. The van der Waals surface area contributed by atoms with Gasteiger partial charge in [-0.2, -0.15) is 4.68 Å². The quantitative estimate of drug-likeness (QED) is 0.667. The van der Waals surface area contributed by atoms with Crippen LogP contribution in [0.4, 0.5) is 16.3 Å². The van der Waals surface area contributed by atoms with Crippen LogP contribution in [0.2, 0.25) is 0 Å². The Morgan fingerprint density at radius 3 is 2.42 bits per heavy atom. The molecule has 0 saturated carbocycles. The van der Waals surface area contributed by atoms with Crippen molar-refractivity contribution >= 4 is 17.5 Å². The lowest BCUT2D eigenvalue weighted by Gasteiger charge is -2.08. The summed E-state index contributed by atoms with van der Waals surface area (Å²) in [5, 5.41) is 5.22. The van der Waals surface area contributed by atoms with E-state index in [-0.39, 0.29) is 11.4 Å². The third-order valence-corrected chi connectivity index (χ3v) is 3.82. The van der Waals surface area contributed by atoms with Gasteiger partial charge in [-0.15, -0.1) is 0 Å². The summed E-state index contributed by atoms with van der Waals surface area (Å²) in [6.07, 6.45) is 0. The summed E-state index contributed by atoms with van der Waals surface area (Å²) in [4.78, 5) is 25.1. The Hall–Kier alpha value is -3.68. The van der Waals surface area contributed by atoms with E-state index < -0.39 is 11.6 Å². The third-order valence-electron chi connectivity index (χ3n) is 3.82. The van der Waals surface area contributed by atoms with Crippen LogP contribution >= 0.6 is 0 Å². The molecule has 0 aliphatic heterocycles. The highest BCUT2D eigenvalue weighted by Crippen LogP contribution is 2.32. The summed E-state index contributed by atoms with van der Waals surface area (Å²) in [5.74, 6) is 1.04. The Labute approximate surface area is 149 Å². The number of hydrogen-bond acceptors (Lipinski definition) is 5. The molecule has 2 aromatic carbocycles. The Morgan fingerprint density at radius 1 is 1.08 bits per heavy atom. The van der Waals surface area contributed by atoms with Crippen molar-refractivity contribution in [2.45, 2.75) is 0 Å². The molecule has 1 heterocycles. The van der Waals surface area contributed by atoms with Gasteiger partial charge in [0.25, 0.3) is 5.56 Å². The van der Waals surface area contributed by atoms with Crippen LogP contribution in [0.5, 0.6) is 11.5 Å². The van der Waals surface area contributed by atoms with Crippen LogP contribution in [0.3, 0.4) is 0 Å². The highest BCUT2D eigenvalue weighted by Gasteiger charge is 2.19. The van der Waals surface area contributed by atoms with E-state index in [0.717, 1.165) is 4.68 Å². The molecule has 0 unspecified atom stereocenters. The smallest absolute Gasteiger partial charge is 0.348 e. The number of nitrogen functional groups attached to an aromatic ring is 1. The van der Waals surface area contributed by atoms with Crippen molar-refractivity contribution in [3.8, 4) is 22.6 Å². The van der Waals surface area contributed by atoms with E-state index in [1.165, 1.54) is 14.2 Å². The molecule has 3 aromatic rings. The second-order valence-electron chi connectivity index (χ2n) is 5.41. The maximum atomic E-state index is 12.7. The van der Waals surface area contributed by atoms with E-state index in [4.69, 9.17) is 15.2 Å². The molecule has 0 bridgehead atoms. The summed E-state index contributed by atoms with van der Waals surface area (Å²) in [5.41, 5.74) is 6.62. The van der Waals surface area contributed by atoms with Crippen molar-refractivity contribution in [2.75, 3.05) is 25.3 Å². The molecule has 4 N–H and O–H groups in total. The first-order valence-corrected chi connectivity index (χ1v) is 7.74. The number of H-pyrrole nitrogens is 1. The first-order valence-electron chi connectivity index (χ1n) is 7.74. The first kappa shape index (κ1) is 17.2. The van der Waals surface area contributed by atoms with Crippen LogP contribution in [0, 0.1) is 0 Å². The van der Waals surface area contributed by atoms with Gasteiger partial charge in [0.1, 0.15) is 5.82 Å². The molecule has 8 nitrogen and oxygen atoms in total. The van der Waals surface area contributed by atoms with Gasteiger partial charge < -0.3 is 20.5 Å². The molecule has 0 aliphatic carbocycles. The zero-order valence-corrected chi connectivity index (χ0v) is 14.3. The van der Waals surface area contributed by atoms with Crippen LogP contribution in [0.15, 0.2) is 53.3 Å². The van der Waals surface area contributed by atoms with Crippen molar-refractivity contribution in [3.05, 3.63) is 58.9 Å². The standard InChI is InChI=1S/C18H18N4O4/c1-25-13-9-8-11(10-14(13)26-2)15-16(19)21-22(17(15)23)18(24)20-12-6-4-3-5-7-12/h3-10,21H,19H2,1-2H3,(H,20,24). The summed E-state index contributed by atoms with van der Waals surface area (Å²) in [6.45, 7) is 0. The second kappa shape index (κ2) is 7.06. The van der Waals surface area contributed by atoms with E-state index >= 15 is 0 Å². The highest BCUT2D eigenvalue weighted by molar-refractivity contribution is 5.92. The molecule has 26 heavy (non-hydrogen) atoms. The van der Waals surface area contributed by atoms with Crippen LogP contribution in [-0.2, 0) is 0 Å². The normalized spacial score (nSPS) is 10.4. The predicted octanol–water partition coefficient (Wildman–Crippen LogP) is 2.52. The largest absolute Gasteiger partial charge is 0.493 e. The number of anilines is 2. The van der Waals surface area contributed by atoms with E-state index in [1.54, 1.807) is 42.5 Å². The second-order valence-corrected chi connectivity index (χ2v) is 5.41. The summed E-state index contributed by atoms with van der Waals surface area (Å²) in [7, 11) is 3.01. The van der Waals surface area contributed by atoms with Gasteiger partial charge in [0, 0.05) is 5.69 Å². The molecule has 134 valence electrons. The van der Waals surface area contributed by atoms with Crippen molar-refractivity contribution in [3.63, 3.8) is 0 Å². The molecular weight excluding hydrogens is 336 g/mol. The number of carbonyl (C=O) groups is 1. The number of ether oxygens (including phenoxy) is 2. The fourth-order valence-electron chi connectivity index (χ4n) is 2.57. The topological polar surface area (TPSA) is 111 Å². The molecule has 1 aromatic heterocycles. The lowest BCUT2D eigenvalue weighted by Crippen LogP contribution is -2.30. The molecule has 0 atom stereocenters. The number of methoxy groups -OCH3 is 2. The average Bonchev–Trinajstić information content (AvgIpc) is 2.96. The Morgan fingerprint density at radius 2 is 1.77 bits per heavy atom. The molecule has 0 fully saturated rings. The minimum Gasteiger partial charge on any atom is -0.493 e. The van der Waals surface area contributed by atoms with Gasteiger partial charge in [0.05, 0.1) is 19.8 Å². The number of nitrogens with one attached hydrogen (secondary N) is 2. The molecule has 0 aliphatic rings. The van der Waals surface area contributed by atoms with E-state index in [0.29, 0.717) is 22.7 Å². The number of amides is 1. The van der Waals surface area contributed by atoms with Gasteiger partial charge in [-0.3, -0.25) is 9.89 Å². The van der Waals surface area contributed by atoms with E-state index in [9.17, 15) is 9.59 Å². The van der Waals surface area contributed by atoms with Crippen LogP contribution in [0.1, 0.15) is 0 Å². The summed E-state index contributed by atoms with van der Waals surface area (Å²) < 4.78 is 11.3. The minimum absolute atomic E-state index is 0.0745. The maximum Gasteiger partial charge on any atom is 0.348 e. The number of benzene rings is 2. The Kier molecular flexibility index (Phi) is 4.66. The van der Waals surface area contributed by atoms with Gasteiger partial charge >= 0.3 is 6.03 Å². The fourth-order valence-corrected chi connectivity index (χ4v) is 2.57. The number of aromatic nitrogens is 2. The number of rotatable bonds is 4. The Bertz CT molecular complexity index is 992. The number of aromatic amines is 1. The SMILES string of the molecule is COc1ccc(-c2c(N)[nH]n(C(=O)Nc3ccccc3)c2=O)cc1OC. The van der Waals surface area contributed by atoms with E-state index in [2.05, 4.69) is 10.4 Å². The van der Waals surface area contributed by atoms with Crippen molar-refractivity contribution in [1.82, 2.24) is 9.78 Å². The fraction of sp³-hybridized carbons (Fsp3) is 0.111. The molecule has 3 rings (SSSR count). The van der Waals surface area contributed by atoms with Crippen molar-refractivity contribution < 1.29 is 14.3 Å². The average molecular weight is 354 g/mol. The molecule has 1 amide bonds. The van der Waals surface area contributed by atoms with Gasteiger partial charge in [-0.05, 0) is 29.8 Å². The van der Waals surface area contributed by atoms with Crippen LogP contribution in [-0.4, -0.2) is 30.0 Å². The first-order chi connectivity index (χ1) is 12.5. The minimum atomic E-state index is -0.639. The van der Waals surface area contributed by atoms with Gasteiger partial charge in [-0.25, -0.2) is 4.79 Å². The lowest BCUT2D eigenvalue weighted by atomic mass is 10.1. The number of hydrogen-bond donors (Lipinski definition) is 3. The summed E-state index contributed by atoms with van der Waals surface area (Å²) in [6, 6.07) is 13.1. The number of nitrogens with two attached hydrogens (primary N) is 1. The highest BCUT2D eigenvalue weighted by atomic mass is 16.5. The molecule has 0 radical (unpaired) electrons. The molecule has 8 heteroatoms. The van der Waals surface area contributed by atoms with Crippen LogP contribution < -0.4 is 26.1 Å². The maximum absolute atomic E-state index is 12.7. The van der Waals surface area contributed by atoms with Crippen LogP contribution in [0.25, 0.3) is 11.1 Å². The van der Waals surface area contributed by atoms with Gasteiger partial charge in [0.2, 0.25) is 0 Å². The third kappa shape index (κ3) is 3.12. The van der Waals surface area contributed by atoms with Gasteiger partial charge in [-0.1, -0.05) is 24.3 Å². The van der Waals surface area contributed by atoms with Gasteiger partial charge in [0.15, 0.2) is 11.5 Å². The van der Waals surface area contributed by atoms with Crippen molar-refractivity contribution in [2.24, 2.45) is 0 Å². The van der Waals surface area contributed by atoms with E-state index in [1.807, 2.05) is 6.07 Å².